The lowest BCUT2D eigenvalue weighted by Gasteiger charge is -2.08. The summed E-state index contributed by atoms with van der Waals surface area (Å²) >= 11 is 0. The van der Waals surface area contributed by atoms with E-state index in [9.17, 15) is 0 Å². The van der Waals surface area contributed by atoms with Gasteiger partial charge in [0, 0.05) is 0 Å². The number of unbranched alkanes of at least 4 members (excludes halogenated alkanes) is 5. The van der Waals surface area contributed by atoms with E-state index in [0.29, 0.717) is 11.8 Å². The molecule has 0 unspecified atom stereocenters. The van der Waals surface area contributed by atoms with Gasteiger partial charge in [0.2, 0.25) is 0 Å². The molecule has 0 nitrogen and oxygen atoms in total. The lowest BCUT2D eigenvalue weighted by molar-refractivity contribution is 0.537. The van der Waals surface area contributed by atoms with Gasteiger partial charge in [0.15, 0.2) is 0 Å². The first-order valence-electron chi connectivity index (χ1n) is 8.98. The minimum Gasteiger partial charge on any atom is -0.0776 e. The molecule has 2 aliphatic carbocycles. The largest absolute Gasteiger partial charge is 0.0776 e. The lowest BCUT2D eigenvalue weighted by Crippen LogP contribution is -1.93. The maximum atomic E-state index is 2.32. The molecule has 0 N–H and O–H groups in total. The van der Waals surface area contributed by atoms with Crippen molar-refractivity contribution in [1.82, 2.24) is 0 Å². The highest BCUT2D eigenvalue weighted by Crippen LogP contribution is 2.18. The molecule has 0 aromatic rings. The van der Waals surface area contributed by atoms with Crippen molar-refractivity contribution in [2.45, 2.75) is 51.4 Å². The van der Waals surface area contributed by atoms with Crippen molar-refractivity contribution in [2.75, 3.05) is 0 Å². The van der Waals surface area contributed by atoms with Crippen LogP contribution < -0.4 is 0 Å². The van der Waals surface area contributed by atoms with Crippen LogP contribution in [0.25, 0.3) is 0 Å². The molecule has 0 heteroatoms. The van der Waals surface area contributed by atoms with Gasteiger partial charge in [-0.3, -0.25) is 0 Å². The van der Waals surface area contributed by atoms with Crippen molar-refractivity contribution in [3.05, 3.63) is 72.9 Å². The van der Waals surface area contributed by atoms with E-state index in [4.69, 9.17) is 0 Å². The Morgan fingerprint density at radius 3 is 1.05 bits per heavy atom. The molecule has 0 fully saturated rings. The third-order valence-corrected chi connectivity index (χ3v) is 4.42. The zero-order valence-electron chi connectivity index (χ0n) is 13.7. The SMILES string of the molecule is C1=CC=CC(CCCCCCCCC2C=CC=CC=C2)C=C1. The Balaban J connectivity index is 1.43. The van der Waals surface area contributed by atoms with E-state index in [2.05, 4.69) is 72.9 Å². The maximum absolute atomic E-state index is 2.32. The van der Waals surface area contributed by atoms with Crippen LogP contribution in [0.1, 0.15) is 51.4 Å². The highest BCUT2D eigenvalue weighted by atomic mass is 14.1. The Bertz CT molecular complexity index is 380. The number of allylic oxidation sites excluding steroid dienone is 12. The summed E-state index contributed by atoms with van der Waals surface area (Å²) in [4.78, 5) is 0. The van der Waals surface area contributed by atoms with Gasteiger partial charge >= 0.3 is 0 Å². The first-order valence-corrected chi connectivity index (χ1v) is 8.98. The molecule has 0 bridgehead atoms. The zero-order chi connectivity index (χ0) is 15.3. The van der Waals surface area contributed by atoms with Crippen molar-refractivity contribution in [3.8, 4) is 0 Å². The third kappa shape index (κ3) is 7.45. The van der Waals surface area contributed by atoms with Gasteiger partial charge in [0.1, 0.15) is 0 Å². The summed E-state index contributed by atoms with van der Waals surface area (Å²) in [5, 5.41) is 0. The van der Waals surface area contributed by atoms with Gasteiger partial charge < -0.3 is 0 Å². The van der Waals surface area contributed by atoms with Crippen molar-refractivity contribution in [2.24, 2.45) is 11.8 Å². The van der Waals surface area contributed by atoms with E-state index >= 15 is 0 Å². The fourth-order valence-corrected chi connectivity index (χ4v) is 3.06. The van der Waals surface area contributed by atoms with E-state index in [0.717, 1.165) is 0 Å². The minimum atomic E-state index is 0.650. The maximum Gasteiger partial charge on any atom is -0.00473 e. The molecule has 0 aliphatic heterocycles. The molecule has 0 saturated carbocycles. The molecule has 0 aromatic carbocycles. The molecule has 0 amide bonds. The van der Waals surface area contributed by atoms with Crippen LogP contribution in [-0.2, 0) is 0 Å². The van der Waals surface area contributed by atoms with Gasteiger partial charge in [-0.2, -0.15) is 0 Å². The average molecular weight is 294 g/mol. The first-order chi connectivity index (χ1) is 10.9. The highest BCUT2D eigenvalue weighted by molar-refractivity contribution is 5.19. The predicted molar refractivity (Wildman–Crippen MR) is 98.8 cm³/mol. The molecule has 118 valence electrons. The van der Waals surface area contributed by atoms with Gasteiger partial charge in [-0.05, 0) is 24.7 Å². The van der Waals surface area contributed by atoms with Crippen LogP contribution in [0.15, 0.2) is 72.9 Å². The second-order valence-electron chi connectivity index (χ2n) is 6.34. The molecule has 2 aliphatic rings. The number of hydrogen-bond acceptors (Lipinski definition) is 0. The molecule has 0 heterocycles. The summed E-state index contributed by atoms with van der Waals surface area (Å²) in [5.41, 5.74) is 0. The van der Waals surface area contributed by atoms with Crippen molar-refractivity contribution < 1.29 is 0 Å². The fraction of sp³-hybridized carbons (Fsp3) is 0.455. The quantitative estimate of drug-likeness (QED) is 0.415. The van der Waals surface area contributed by atoms with Crippen LogP contribution in [-0.4, -0.2) is 0 Å². The van der Waals surface area contributed by atoms with Gasteiger partial charge in [-0.15, -0.1) is 0 Å². The first kappa shape index (κ1) is 16.8. The van der Waals surface area contributed by atoms with Crippen molar-refractivity contribution in [3.63, 3.8) is 0 Å². The number of hydrogen-bond donors (Lipinski definition) is 0. The topological polar surface area (TPSA) is 0 Å². The van der Waals surface area contributed by atoms with E-state index in [1.54, 1.807) is 0 Å². The van der Waals surface area contributed by atoms with Crippen LogP contribution in [0.2, 0.25) is 0 Å². The minimum absolute atomic E-state index is 0.650. The summed E-state index contributed by atoms with van der Waals surface area (Å²) in [6.45, 7) is 0. The average Bonchev–Trinajstić information content (AvgIpc) is 2.94. The van der Waals surface area contributed by atoms with Gasteiger partial charge in [-0.25, -0.2) is 0 Å². The molecule has 0 aromatic heterocycles. The van der Waals surface area contributed by atoms with Gasteiger partial charge in [0.25, 0.3) is 0 Å². The fourth-order valence-electron chi connectivity index (χ4n) is 3.06. The Labute approximate surface area is 136 Å². The van der Waals surface area contributed by atoms with E-state index in [1.165, 1.54) is 51.4 Å². The monoisotopic (exact) mass is 294 g/mol. The lowest BCUT2D eigenvalue weighted by atomic mass is 9.98. The van der Waals surface area contributed by atoms with E-state index < -0.39 is 0 Å². The summed E-state index contributed by atoms with van der Waals surface area (Å²) in [6, 6.07) is 0. The van der Waals surface area contributed by atoms with E-state index in [-0.39, 0.29) is 0 Å². The third-order valence-electron chi connectivity index (χ3n) is 4.42. The van der Waals surface area contributed by atoms with Crippen LogP contribution in [0, 0.1) is 11.8 Å². The Kier molecular flexibility index (Phi) is 8.45. The smallest absolute Gasteiger partial charge is 0.00473 e. The Hall–Kier alpha value is -1.56. The zero-order valence-corrected chi connectivity index (χ0v) is 13.7. The number of rotatable bonds is 9. The second-order valence-corrected chi connectivity index (χ2v) is 6.34. The molecule has 0 atom stereocenters. The normalized spacial score (nSPS) is 18.0. The van der Waals surface area contributed by atoms with Crippen LogP contribution in [0.3, 0.4) is 0 Å². The Morgan fingerprint density at radius 2 is 0.682 bits per heavy atom. The molecule has 2 rings (SSSR count). The molecule has 0 saturated heterocycles. The van der Waals surface area contributed by atoms with Gasteiger partial charge in [0.05, 0.1) is 0 Å². The second kappa shape index (κ2) is 11.1. The van der Waals surface area contributed by atoms with Crippen LogP contribution >= 0.6 is 0 Å². The highest BCUT2D eigenvalue weighted by Gasteiger charge is 2.02. The Morgan fingerprint density at radius 1 is 0.364 bits per heavy atom. The molecular formula is C22H30. The van der Waals surface area contributed by atoms with Crippen LogP contribution in [0.4, 0.5) is 0 Å². The predicted octanol–water partition coefficient (Wildman–Crippen LogP) is 6.70. The summed E-state index contributed by atoms with van der Waals surface area (Å²) in [5.74, 6) is 1.30. The van der Waals surface area contributed by atoms with Crippen molar-refractivity contribution in [1.29, 1.82) is 0 Å². The standard InChI is InChI=1S/C22H30/c1(3-9-15-21-17-11-5-6-12-18-21)2-4-10-16-22-19-13-7-8-14-20-22/h5-8,11-14,17-22H,1-4,9-10,15-16H2. The van der Waals surface area contributed by atoms with Crippen molar-refractivity contribution >= 4 is 0 Å². The summed E-state index contributed by atoms with van der Waals surface area (Å²) in [6.07, 6.45) is 37.4. The molecular weight excluding hydrogens is 264 g/mol. The summed E-state index contributed by atoms with van der Waals surface area (Å²) in [7, 11) is 0. The molecule has 0 spiro atoms. The van der Waals surface area contributed by atoms with E-state index in [1.807, 2.05) is 0 Å². The van der Waals surface area contributed by atoms with Gasteiger partial charge in [-0.1, -0.05) is 111 Å². The van der Waals surface area contributed by atoms with Crippen LogP contribution in [0.5, 0.6) is 0 Å². The molecule has 22 heavy (non-hydrogen) atoms. The summed E-state index contributed by atoms with van der Waals surface area (Å²) < 4.78 is 0. The molecule has 0 radical (unpaired) electrons.